The minimum atomic E-state index is -0.628. The predicted molar refractivity (Wildman–Crippen MR) is 126 cm³/mol. The molecular formula is C26H29N3O4. The fourth-order valence-corrected chi connectivity index (χ4v) is 4.65. The second-order valence-electron chi connectivity index (χ2n) is 8.58. The highest BCUT2D eigenvalue weighted by Crippen LogP contribution is 2.33. The van der Waals surface area contributed by atoms with Crippen molar-refractivity contribution in [1.82, 2.24) is 9.80 Å². The van der Waals surface area contributed by atoms with Crippen molar-refractivity contribution in [2.75, 3.05) is 57.4 Å². The summed E-state index contributed by atoms with van der Waals surface area (Å²) < 4.78 is 11.4. The number of carbonyl (C=O) groups is 2. The fraction of sp³-hybridized carbons (Fsp3) is 0.385. The third-order valence-electron chi connectivity index (χ3n) is 6.49. The van der Waals surface area contributed by atoms with Gasteiger partial charge in [0, 0.05) is 26.2 Å². The molecule has 33 heavy (non-hydrogen) atoms. The molecular weight excluding hydrogens is 418 g/mol. The van der Waals surface area contributed by atoms with Gasteiger partial charge >= 0.3 is 0 Å². The molecule has 0 aliphatic carbocycles. The monoisotopic (exact) mass is 447 g/mol. The number of hydrogen-bond acceptors (Lipinski definition) is 5. The predicted octanol–water partition coefficient (Wildman–Crippen LogP) is 2.43. The summed E-state index contributed by atoms with van der Waals surface area (Å²) in [5, 5.41) is 0. The Morgan fingerprint density at radius 3 is 2.42 bits per heavy atom. The maximum absolute atomic E-state index is 13.2. The lowest BCUT2D eigenvalue weighted by atomic mass is 9.99. The highest BCUT2D eigenvalue weighted by molar-refractivity contribution is 5.87. The molecule has 0 bridgehead atoms. The first kappa shape index (κ1) is 21.5. The SMILES string of the molecule is O=C(CN1CC(C(=O)N2CCOCC2)Oc2ccccc21)N1CC=C(c2ccccc2)CC1. The van der Waals surface area contributed by atoms with Gasteiger partial charge in [-0.15, -0.1) is 0 Å². The Bertz CT molecular complexity index is 1030. The van der Waals surface area contributed by atoms with E-state index in [1.54, 1.807) is 4.90 Å². The molecule has 1 atom stereocenters. The van der Waals surface area contributed by atoms with Crippen LogP contribution >= 0.6 is 0 Å². The number of hydrogen-bond donors (Lipinski definition) is 0. The topological polar surface area (TPSA) is 62.3 Å². The van der Waals surface area contributed by atoms with Crippen molar-refractivity contribution in [2.45, 2.75) is 12.5 Å². The van der Waals surface area contributed by atoms with E-state index in [9.17, 15) is 9.59 Å². The summed E-state index contributed by atoms with van der Waals surface area (Å²) in [6.07, 6.45) is 2.36. The van der Waals surface area contributed by atoms with Crippen LogP contribution in [0.15, 0.2) is 60.7 Å². The fourth-order valence-electron chi connectivity index (χ4n) is 4.65. The normalized spacial score (nSPS) is 20.5. The van der Waals surface area contributed by atoms with Crippen molar-refractivity contribution in [3.63, 3.8) is 0 Å². The summed E-state index contributed by atoms with van der Waals surface area (Å²) in [5.41, 5.74) is 3.36. The first-order chi connectivity index (χ1) is 16.2. The highest BCUT2D eigenvalue weighted by Gasteiger charge is 2.35. The molecule has 7 nitrogen and oxygen atoms in total. The van der Waals surface area contributed by atoms with Gasteiger partial charge in [-0.05, 0) is 29.7 Å². The molecule has 3 aliphatic rings. The first-order valence-corrected chi connectivity index (χ1v) is 11.6. The average Bonchev–Trinajstić information content (AvgIpc) is 2.89. The van der Waals surface area contributed by atoms with E-state index in [1.165, 1.54) is 11.1 Å². The van der Waals surface area contributed by atoms with Crippen LogP contribution in [0.25, 0.3) is 5.57 Å². The van der Waals surface area contributed by atoms with Crippen LogP contribution in [0.4, 0.5) is 5.69 Å². The second kappa shape index (κ2) is 9.67. The third kappa shape index (κ3) is 4.73. The minimum absolute atomic E-state index is 0.0429. The lowest BCUT2D eigenvalue weighted by Crippen LogP contribution is -2.54. The van der Waals surface area contributed by atoms with Gasteiger partial charge in [-0.3, -0.25) is 9.59 Å². The number of fused-ring (bicyclic) bond motifs is 1. The number of benzene rings is 2. The zero-order valence-electron chi connectivity index (χ0n) is 18.7. The Morgan fingerprint density at radius 1 is 0.909 bits per heavy atom. The lowest BCUT2D eigenvalue weighted by Gasteiger charge is -2.39. The van der Waals surface area contributed by atoms with Crippen LogP contribution in [0, 0.1) is 0 Å². The summed E-state index contributed by atoms with van der Waals surface area (Å²) in [5.74, 6) is 0.666. The third-order valence-corrected chi connectivity index (χ3v) is 6.49. The first-order valence-electron chi connectivity index (χ1n) is 11.6. The molecule has 1 saturated heterocycles. The highest BCUT2D eigenvalue weighted by atomic mass is 16.5. The van der Waals surface area contributed by atoms with Gasteiger partial charge < -0.3 is 24.2 Å². The molecule has 3 aliphatic heterocycles. The van der Waals surface area contributed by atoms with Crippen molar-refractivity contribution >= 4 is 23.1 Å². The van der Waals surface area contributed by atoms with Crippen molar-refractivity contribution in [3.05, 3.63) is 66.2 Å². The largest absolute Gasteiger partial charge is 0.477 e. The van der Waals surface area contributed by atoms with Crippen LogP contribution in [0.1, 0.15) is 12.0 Å². The van der Waals surface area contributed by atoms with Gasteiger partial charge in [0.1, 0.15) is 5.75 Å². The van der Waals surface area contributed by atoms with Gasteiger partial charge in [0.15, 0.2) is 6.10 Å². The molecule has 5 rings (SSSR count). The van der Waals surface area contributed by atoms with E-state index in [0.717, 1.165) is 12.1 Å². The van der Waals surface area contributed by atoms with Crippen molar-refractivity contribution in [1.29, 1.82) is 0 Å². The number of ether oxygens (including phenoxy) is 2. The molecule has 2 aromatic rings. The van der Waals surface area contributed by atoms with Gasteiger partial charge in [-0.1, -0.05) is 48.5 Å². The Labute approximate surface area is 194 Å². The van der Waals surface area contributed by atoms with E-state index in [-0.39, 0.29) is 18.4 Å². The van der Waals surface area contributed by atoms with Crippen LogP contribution in [-0.4, -0.2) is 80.2 Å². The van der Waals surface area contributed by atoms with Gasteiger partial charge in [0.25, 0.3) is 5.91 Å². The van der Waals surface area contributed by atoms with E-state index in [2.05, 4.69) is 18.2 Å². The Hall–Kier alpha value is -3.32. The Kier molecular flexibility index (Phi) is 6.30. The molecule has 1 unspecified atom stereocenters. The smallest absolute Gasteiger partial charge is 0.265 e. The lowest BCUT2D eigenvalue weighted by molar-refractivity contribution is -0.143. The summed E-state index contributed by atoms with van der Waals surface area (Å²) in [7, 11) is 0. The van der Waals surface area contributed by atoms with Crippen LogP contribution in [0.5, 0.6) is 5.75 Å². The number of rotatable bonds is 4. The number of nitrogens with zero attached hydrogens (tertiary/aromatic N) is 3. The quantitative estimate of drug-likeness (QED) is 0.721. The molecule has 7 heteroatoms. The Morgan fingerprint density at radius 2 is 1.67 bits per heavy atom. The molecule has 1 fully saturated rings. The second-order valence-corrected chi connectivity index (χ2v) is 8.58. The molecule has 0 radical (unpaired) electrons. The molecule has 0 saturated carbocycles. The molecule has 2 amide bonds. The van der Waals surface area contributed by atoms with Gasteiger partial charge in [0.2, 0.25) is 5.91 Å². The van der Waals surface area contributed by atoms with Gasteiger partial charge in [0.05, 0.1) is 32.0 Å². The zero-order valence-corrected chi connectivity index (χ0v) is 18.7. The number of anilines is 1. The van der Waals surface area contributed by atoms with Crippen molar-refractivity contribution in [2.24, 2.45) is 0 Å². The van der Waals surface area contributed by atoms with E-state index < -0.39 is 6.10 Å². The van der Waals surface area contributed by atoms with Crippen LogP contribution < -0.4 is 9.64 Å². The molecule has 172 valence electrons. The number of morpholine rings is 1. The van der Waals surface area contributed by atoms with Crippen molar-refractivity contribution < 1.29 is 19.1 Å². The molecule has 0 aromatic heterocycles. The van der Waals surface area contributed by atoms with Gasteiger partial charge in [-0.2, -0.15) is 0 Å². The number of carbonyl (C=O) groups excluding carboxylic acids is 2. The van der Waals surface area contributed by atoms with E-state index >= 15 is 0 Å². The summed E-state index contributed by atoms with van der Waals surface area (Å²) in [6, 6.07) is 17.9. The van der Waals surface area contributed by atoms with Crippen molar-refractivity contribution in [3.8, 4) is 5.75 Å². The molecule has 0 N–H and O–H groups in total. The summed E-state index contributed by atoms with van der Waals surface area (Å²) in [4.78, 5) is 32.0. The average molecular weight is 448 g/mol. The van der Waals surface area contributed by atoms with Crippen LogP contribution in [-0.2, 0) is 14.3 Å². The minimum Gasteiger partial charge on any atom is -0.477 e. The van der Waals surface area contributed by atoms with E-state index in [4.69, 9.17) is 9.47 Å². The summed E-state index contributed by atoms with van der Waals surface area (Å²) in [6.45, 7) is 4.12. The van der Waals surface area contributed by atoms with Crippen LogP contribution in [0.3, 0.4) is 0 Å². The molecule has 0 spiro atoms. The van der Waals surface area contributed by atoms with E-state index in [1.807, 2.05) is 52.3 Å². The number of amides is 2. The molecule has 3 heterocycles. The maximum atomic E-state index is 13.2. The van der Waals surface area contributed by atoms with Gasteiger partial charge in [-0.25, -0.2) is 0 Å². The number of para-hydroxylation sites is 2. The van der Waals surface area contributed by atoms with E-state index in [0.29, 0.717) is 51.7 Å². The Balaban J connectivity index is 1.27. The van der Waals surface area contributed by atoms with Crippen LogP contribution in [0.2, 0.25) is 0 Å². The zero-order chi connectivity index (χ0) is 22.6. The standard InChI is InChI=1S/C26H29N3O4/c30-25(27-12-10-21(11-13-27)20-6-2-1-3-7-20)19-29-18-24(26(31)28-14-16-32-17-15-28)33-23-9-5-4-8-22(23)29/h1-10,24H,11-19H2. The summed E-state index contributed by atoms with van der Waals surface area (Å²) >= 11 is 0. The molecule has 2 aromatic carbocycles. The maximum Gasteiger partial charge on any atom is 0.265 e.